The van der Waals surface area contributed by atoms with Crippen molar-refractivity contribution in [3.8, 4) is 0 Å². The van der Waals surface area contributed by atoms with Crippen LogP contribution in [0.4, 0.5) is 0 Å². The van der Waals surface area contributed by atoms with E-state index in [1.54, 1.807) is 0 Å². The van der Waals surface area contributed by atoms with E-state index in [2.05, 4.69) is 10.6 Å². The third-order valence-corrected chi connectivity index (χ3v) is 5.36. The number of rotatable bonds is 5. The molecule has 0 aliphatic heterocycles. The zero-order valence-electron chi connectivity index (χ0n) is 14.4. The molecule has 138 valence electrons. The SMILES string of the molecule is Cl.NC1CC2CCCC(C1)C2NC(=O)CNC(=O)Cc1ccccc1. The molecule has 2 amide bonds. The van der Waals surface area contributed by atoms with Crippen molar-refractivity contribution in [2.75, 3.05) is 6.54 Å². The summed E-state index contributed by atoms with van der Waals surface area (Å²) in [5.74, 6) is 0.781. The number of nitrogens with two attached hydrogens (primary N) is 1. The van der Waals surface area contributed by atoms with E-state index in [0.717, 1.165) is 31.2 Å². The van der Waals surface area contributed by atoms with Crippen LogP contribution in [0.15, 0.2) is 30.3 Å². The number of hydrogen-bond acceptors (Lipinski definition) is 3. The van der Waals surface area contributed by atoms with Crippen LogP contribution < -0.4 is 16.4 Å². The largest absolute Gasteiger partial charge is 0.351 e. The Balaban J connectivity index is 0.00000225. The molecule has 0 spiro atoms. The minimum Gasteiger partial charge on any atom is -0.351 e. The van der Waals surface area contributed by atoms with Gasteiger partial charge < -0.3 is 16.4 Å². The van der Waals surface area contributed by atoms with Gasteiger partial charge in [0.25, 0.3) is 0 Å². The Morgan fingerprint density at radius 3 is 2.32 bits per heavy atom. The van der Waals surface area contributed by atoms with Gasteiger partial charge in [0, 0.05) is 12.1 Å². The summed E-state index contributed by atoms with van der Waals surface area (Å²) in [7, 11) is 0. The van der Waals surface area contributed by atoms with Crippen molar-refractivity contribution in [1.29, 1.82) is 0 Å². The summed E-state index contributed by atoms with van der Waals surface area (Å²) < 4.78 is 0. The third kappa shape index (κ3) is 5.44. The number of carbonyl (C=O) groups is 2. The molecule has 2 fully saturated rings. The molecular formula is C19H28ClN3O2. The molecule has 5 nitrogen and oxygen atoms in total. The minimum absolute atomic E-state index is 0. The van der Waals surface area contributed by atoms with E-state index in [9.17, 15) is 9.59 Å². The minimum atomic E-state index is -0.123. The maximum atomic E-state index is 12.2. The quantitative estimate of drug-likeness (QED) is 0.743. The normalized spacial score (nSPS) is 27.7. The van der Waals surface area contributed by atoms with E-state index in [0.29, 0.717) is 18.3 Å². The molecule has 2 aliphatic rings. The van der Waals surface area contributed by atoms with Crippen molar-refractivity contribution >= 4 is 24.2 Å². The van der Waals surface area contributed by atoms with E-state index in [4.69, 9.17) is 5.73 Å². The Kier molecular flexibility index (Phi) is 7.26. The molecule has 2 bridgehead atoms. The summed E-state index contributed by atoms with van der Waals surface area (Å²) in [6.45, 7) is 0.0493. The molecular weight excluding hydrogens is 338 g/mol. The van der Waals surface area contributed by atoms with Crippen LogP contribution >= 0.6 is 12.4 Å². The molecule has 6 heteroatoms. The van der Waals surface area contributed by atoms with Gasteiger partial charge in [-0.15, -0.1) is 12.4 Å². The number of benzene rings is 1. The first-order valence-electron chi connectivity index (χ1n) is 8.97. The van der Waals surface area contributed by atoms with Gasteiger partial charge in [-0.05, 0) is 43.1 Å². The van der Waals surface area contributed by atoms with Crippen LogP contribution in [-0.4, -0.2) is 30.4 Å². The highest BCUT2D eigenvalue weighted by Gasteiger charge is 2.39. The highest BCUT2D eigenvalue weighted by Crippen LogP contribution is 2.39. The Labute approximate surface area is 155 Å². The Morgan fingerprint density at radius 1 is 1.04 bits per heavy atom. The van der Waals surface area contributed by atoms with E-state index in [-0.39, 0.29) is 42.8 Å². The molecule has 0 saturated heterocycles. The second-order valence-corrected chi connectivity index (χ2v) is 7.21. The van der Waals surface area contributed by atoms with E-state index < -0.39 is 0 Å². The van der Waals surface area contributed by atoms with Gasteiger partial charge in [-0.1, -0.05) is 36.8 Å². The average Bonchev–Trinajstić information content (AvgIpc) is 2.55. The first-order valence-corrected chi connectivity index (χ1v) is 8.97. The number of fused-ring (bicyclic) bond motifs is 2. The van der Waals surface area contributed by atoms with Crippen molar-refractivity contribution in [2.24, 2.45) is 17.6 Å². The van der Waals surface area contributed by atoms with Crippen molar-refractivity contribution in [3.63, 3.8) is 0 Å². The second-order valence-electron chi connectivity index (χ2n) is 7.21. The van der Waals surface area contributed by atoms with Crippen LogP contribution in [0.5, 0.6) is 0 Å². The highest BCUT2D eigenvalue weighted by atomic mass is 35.5. The molecule has 0 radical (unpaired) electrons. The molecule has 3 rings (SSSR count). The van der Waals surface area contributed by atoms with Gasteiger partial charge in [-0.3, -0.25) is 9.59 Å². The van der Waals surface area contributed by atoms with E-state index >= 15 is 0 Å². The van der Waals surface area contributed by atoms with Gasteiger partial charge >= 0.3 is 0 Å². The summed E-state index contributed by atoms with van der Waals surface area (Å²) in [4.78, 5) is 24.2. The molecule has 25 heavy (non-hydrogen) atoms. The average molecular weight is 366 g/mol. The van der Waals surface area contributed by atoms with Gasteiger partial charge in [-0.2, -0.15) is 0 Å². The predicted octanol–water partition coefficient (Wildman–Crippen LogP) is 1.79. The van der Waals surface area contributed by atoms with Crippen LogP contribution in [0, 0.1) is 11.8 Å². The lowest BCUT2D eigenvalue weighted by atomic mass is 9.67. The summed E-state index contributed by atoms with van der Waals surface area (Å²) in [6.07, 6.45) is 5.84. The van der Waals surface area contributed by atoms with E-state index in [1.807, 2.05) is 30.3 Å². The zero-order chi connectivity index (χ0) is 16.9. The molecule has 2 saturated carbocycles. The number of amides is 2. The summed E-state index contributed by atoms with van der Waals surface area (Å²) in [6, 6.07) is 10.1. The zero-order valence-corrected chi connectivity index (χ0v) is 15.3. The van der Waals surface area contributed by atoms with Gasteiger partial charge in [0.2, 0.25) is 11.8 Å². The molecule has 0 aromatic heterocycles. The lowest BCUT2D eigenvalue weighted by Crippen LogP contribution is -2.55. The van der Waals surface area contributed by atoms with Crippen LogP contribution in [0.25, 0.3) is 0 Å². The van der Waals surface area contributed by atoms with Crippen LogP contribution in [-0.2, 0) is 16.0 Å². The summed E-state index contributed by atoms with van der Waals surface area (Å²) in [5.41, 5.74) is 7.07. The first-order chi connectivity index (χ1) is 11.6. The monoisotopic (exact) mass is 365 g/mol. The maximum Gasteiger partial charge on any atom is 0.239 e. The molecule has 0 heterocycles. The molecule has 1 aromatic carbocycles. The molecule has 2 aliphatic carbocycles. The lowest BCUT2D eigenvalue weighted by molar-refractivity contribution is -0.127. The number of halogens is 1. The number of nitrogens with one attached hydrogen (secondary N) is 2. The fourth-order valence-corrected chi connectivity index (χ4v) is 4.28. The topological polar surface area (TPSA) is 84.2 Å². The third-order valence-electron chi connectivity index (χ3n) is 5.36. The van der Waals surface area contributed by atoms with Crippen molar-refractivity contribution < 1.29 is 9.59 Å². The van der Waals surface area contributed by atoms with Gasteiger partial charge in [0.15, 0.2) is 0 Å². The molecule has 2 atom stereocenters. The molecule has 4 N–H and O–H groups in total. The van der Waals surface area contributed by atoms with Crippen molar-refractivity contribution in [2.45, 2.75) is 50.6 Å². The summed E-state index contributed by atoms with van der Waals surface area (Å²) >= 11 is 0. The van der Waals surface area contributed by atoms with Crippen LogP contribution in [0.2, 0.25) is 0 Å². The van der Waals surface area contributed by atoms with Gasteiger partial charge in [0.1, 0.15) is 0 Å². The Bertz CT molecular complexity index is 567. The Hall–Kier alpha value is -1.59. The van der Waals surface area contributed by atoms with Gasteiger partial charge in [-0.25, -0.2) is 0 Å². The standard InChI is InChI=1S/C19H27N3O2.ClH/c20-16-10-14-7-4-8-15(11-16)19(14)22-18(24)12-21-17(23)9-13-5-2-1-3-6-13;/h1-3,5-6,14-16,19H,4,7-12,20H2,(H,21,23)(H,22,24);1H. The molecule has 1 aromatic rings. The number of carbonyl (C=O) groups excluding carboxylic acids is 2. The van der Waals surface area contributed by atoms with E-state index in [1.165, 1.54) is 6.42 Å². The molecule has 2 unspecified atom stereocenters. The lowest BCUT2D eigenvalue weighted by Gasteiger charge is -2.45. The van der Waals surface area contributed by atoms with Crippen molar-refractivity contribution in [1.82, 2.24) is 10.6 Å². The fourth-order valence-electron chi connectivity index (χ4n) is 4.28. The summed E-state index contributed by atoms with van der Waals surface area (Å²) in [5, 5.41) is 5.87. The number of hydrogen-bond donors (Lipinski definition) is 3. The maximum absolute atomic E-state index is 12.2. The van der Waals surface area contributed by atoms with Crippen molar-refractivity contribution in [3.05, 3.63) is 35.9 Å². The van der Waals surface area contributed by atoms with Crippen LogP contribution in [0.3, 0.4) is 0 Å². The van der Waals surface area contributed by atoms with Gasteiger partial charge in [0.05, 0.1) is 13.0 Å². The second kappa shape index (κ2) is 9.20. The first kappa shape index (κ1) is 19.7. The smallest absolute Gasteiger partial charge is 0.239 e. The Morgan fingerprint density at radius 2 is 1.68 bits per heavy atom. The highest BCUT2D eigenvalue weighted by molar-refractivity contribution is 5.86. The predicted molar refractivity (Wildman–Crippen MR) is 100 cm³/mol. The fraction of sp³-hybridized carbons (Fsp3) is 0.579. The van der Waals surface area contributed by atoms with Crippen LogP contribution in [0.1, 0.15) is 37.7 Å².